The Morgan fingerprint density at radius 1 is 1.64 bits per heavy atom. The van der Waals surface area contributed by atoms with Crippen molar-refractivity contribution in [2.75, 3.05) is 0 Å². The monoisotopic (exact) mass is 150 g/mol. The van der Waals surface area contributed by atoms with E-state index < -0.39 is 0 Å². The van der Waals surface area contributed by atoms with Gasteiger partial charge in [-0.1, -0.05) is 0 Å². The van der Waals surface area contributed by atoms with Gasteiger partial charge < -0.3 is 4.57 Å². The standard InChI is InChI=1S/C9H14N2/c1-3-11-7(2)10-6-9(11)8-4-5-8/h6,8H,3-5H2,1-2H3. The van der Waals surface area contributed by atoms with E-state index in [4.69, 9.17) is 0 Å². The number of hydrogen-bond donors (Lipinski definition) is 0. The lowest BCUT2D eigenvalue weighted by Crippen LogP contribution is -2.01. The zero-order valence-corrected chi connectivity index (χ0v) is 7.17. The van der Waals surface area contributed by atoms with Crippen molar-refractivity contribution in [3.05, 3.63) is 17.7 Å². The molecule has 60 valence electrons. The lowest BCUT2D eigenvalue weighted by Gasteiger charge is -2.04. The summed E-state index contributed by atoms with van der Waals surface area (Å²) in [5.74, 6) is 1.99. The minimum atomic E-state index is 0.830. The first kappa shape index (κ1) is 6.89. The molecule has 1 heterocycles. The molecular weight excluding hydrogens is 136 g/mol. The zero-order valence-electron chi connectivity index (χ0n) is 7.17. The summed E-state index contributed by atoms with van der Waals surface area (Å²) in [6.07, 6.45) is 4.77. The van der Waals surface area contributed by atoms with E-state index in [-0.39, 0.29) is 0 Å². The van der Waals surface area contributed by atoms with Crippen LogP contribution in [0.2, 0.25) is 0 Å². The normalized spacial score (nSPS) is 17.3. The summed E-state index contributed by atoms with van der Waals surface area (Å²) >= 11 is 0. The van der Waals surface area contributed by atoms with Gasteiger partial charge in [-0.15, -0.1) is 0 Å². The molecular formula is C9H14N2. The molecule has 0 radical (unpaired) electrons. The Kier molecular flexibility index (Phi) is 1.48. The van der Waals surface area contributed by atoms with Gasteiger partial charge in [0.05, 0.1) is 0 Å². The highest BCUT2D eigenvalue weighted by molar-refractivity contribution is 5.15. The molecule has 2 rings (SSSR count). The highest BCUT2D eigenvalue weighted by atomic mass is 15.1. The third-order valence-electron chi connectivity index (χ3n) is 2.40. The highest BCUT2D eigenvalue weighted by Gasteiger charge is 2.27. The van der Waals surface area contributed by atoms with Crippen molar-refractivity contribution in [3.63, 3.8) is 0 Å². The molecule has 1 aliphatic rings. The SMILES string of the molecule is CCn1c(C2CC2)cnc1C. The van der Waals surface area contributed by atoms with Gasteiger partial charge in [0.2, 0.25) is 0 Å². The molecule has 1 aromatic heterocycles. The number of imidazole rings is 1. The molecule has 2 nitrogen and oxygen atoms in total. The molecule has 1 aliphatic carbocycles. The fraction of sp³-hybridized carbons (Fsp3) is 0.667. The Balaban J connectivity index is 2.36. The van der Waals surface area contributed by atoms with Gasteiger partial charge in [0, 0.05) is 24.4 Å². The van der Waals surface area contributed by atoms with E-state index in [0.29, 0.717) is 0 Å². The smallest absolute Gasteiger partial charge is 0.105 e. The predicted molar refractivity (Wildman–Crippen MR) is 44.6 cm³/mol. The van der Waals surface area contributed by atoms with E-state index in [0.717, 1.165) is 18.3 Å². The second kappa shape index (κ2) is 2.36. The van der Waals surface area contributed by atoms with Crippen LogP contribution in [0.15, 0.2) is 6.20 Å². The van der Waals surface area contributed by atoms with Crippen molar-refractivity contribution in [2.24, 2.45) is 0 Å². The van der Waals surface area contributed by atoms with Crippen molar-refractivity contribution in [1.29, 1.82) is 0 Å². The summed E-state index contributed by atoms with van der Waals surface area (Å²) in [7, 11) is 0. The van der Waals surface area contributed by atoms with Crippen LogP contribution in [0.1, 0.15) is 37.2 Å². The first-order chi connectivity index (χ1) is 5.33. The molecule has 1 fully saturated rings. The van der Waals surface area contributed by atoms with Gasteiger partial charge in [0.25, 0.3) is 0 Å². The molecule has 0 saturated heterocycles. The van der Waals surface area contributed by atoms with Crippen molar-refractivity contribution >= 4 is 0 Å². The van der Waals surface area contributed by atoms with Crippen LogP contribution in [0.5, 0.6) is 0 Å². The van der Waals surface area contributed by atoms with Crippen LogP contribution in [0, 0.1) is 6.92 Å². The quantitative estimate of drug-likeness (QED) is 0.631. The molecule has 0 atom stereocenters. The van der Waals surface area contributed by atoms with E-state index >= 15 is 0 Å². The number of hydrogen-bond acceptors (Lipinski definition) is 1. The largest absolute Gasteiger partial charge is 0.332 e. The second-order valence-corrected chi connectivity index (χ2v) is 3.25. The summed E-state index contributed by atoms with van der Waals surface area (Å²) in [5.41, 5.74) is 1.45. The van der Waals surface area contributed by atoms with E-state index in [9.17, 15) is 0 Å². The first-order valence-corrected chi connectivity index (χ1v) is 4.35. The van der Waals surface area contributed by atoms with Gasteiger partial charge in [0.15, 0.2) is 0 Å². The van der Waals surface area contributed by atoms with Crippen molar-refractivity contribution in [3.8, 4) is 0 Å². The number of aromatic nitrogens is 2. The van der Waals surface area contributed by atoms with Crippen LogP contribution in [0.3, 0.4) is 0 Å². The topological polar surface area (TPSA) is 17.8 Å². The van der Waals surface area contributed by atoms with Gasteiger partial charge in [-0.3, -0.25) is 0 Å². The summed E-state index contributed by atoms with van der Waals surface area (Å²) in [6.45, 7) is 5.33. The minimum Gasteiger partial charge on any atom is -0.332 e. The van der Waals surface area contributed by atoms with Gasteiger partial charge in [-0.2, -0.15) is 0 Å². The van der Waals surface area contributed by atoms with Crippen LogP contribution in [0.25, 0.3) is 0 Å². The lowest BCUT2D eigenvalue weighted by molar-refractivity contribution is 0.688. The number of nitrogens with zero attached hydrogens (tertiary/aromatic N) is 2. The molecule has 0 aromatic carbocycles. The Bertz CT molecular complexity index is 259. The van der Waals surface area contributed by atoms with Gasteiger partial charge in [-0.05, 0) is 26.7 Å². The fourth-order valence-corrected chi connectivity index (χ4v) is 1.60. The van der Waals surface area contributed by atoms with Crippen molar-refractivity contribution in [1.82, 2.24) is 9.55 Å². The van der Waals surface area contributed by atoms with E-state index in [2.05, 4.69) is 23.4 Å². The van der Waals surface area contributed by atoms with E-state index in [1.54, 1.807) is 0 Å². The van der Waals surface area contributed by atoms with Crippen LogP contribution in [-0.4, -0.2) is 9.55 Å². The molecule has 2 heteroatoms. The van der Waals surface area contributed by atoms with Crippen molar-refractivity contribution < 1.29 is 0 Å². The summed E-state index contributed by atoms with van der Waals surface area (Å²) in [5, 5.41) is 0. The average Bonchev–Trinajstić information content (AvgIpc) is 2.76. The molecule has 0 bridgehead atoms. The first-order valence-electron chi connectivity index (χ1n) is 4.35. The fourth-order valence-electron chi connectivity index (χ4n) is 1.60. The average molecular weight is 150 g/mol. The molecule has 0 spiro atoms. The number of rotatable bonds is 2. The zero-order chi connectivity index (χ0) is 7.84. The Morgan fingerprint density at radius 3 is 2.91 bits per heavy atom. The summed E-state index contributed by atoms with van der Waals surface area (Å²) in [6, 6.07) is 0. The molecule has 1 saturated carbocycles. The van der Waals surface area contributed by atoms with Gasteiger partial charge in [0.1, 0.15) is 5.82 Å². The van der Waals surface area contributed by atoms with Crippen molar-refractivity contribution in [2.45, 2.75) is 39.2 Å². The van der Waals surface area contributed by atoms with E-state index in [1.807, 2.05) is 6.20 Å². The Hall–Kier alpha value is -0.790. The number of aryl methyl sites for hydroxylation is 1. The highest BCUT2D eigenvalue weighted by Crippen LogP contribution is 2.40. The predicted octanol–water partition coefficient (Wildman–Crippen LogP) is 2.09. The minimum absolute atomic E-state index is 0.830. The van der Waals surface area contributed by atoms with Gasteiger partial charge >= 0.3 is 0 Å². The Morgan fingerprint density at radius 2 is 2.36 bits per heavy atom. The van der Waals surface area contributed by atoms with Crippen LogP contribution in [0.4, 0.5) is 0 Å². The summed E-state index contributed by atoms with van der Waals surface area (Å²) < 4.78 is 2.32. The maximum atomic E-state index is 4.31. The molecule has 11 heavy (non-hydrogen) atoms. The third kappa shape index (κ3) is 1.06. The van der Waals surface area contributed by atoms with Gasteiger partial charge in [-0.25, -0.2) is 4.98 Å². The molecule has 1 aromatic rings. The second-order valence-electron chi connectivity index (χ2n) is 3.25. The third-order valence-corrected chi connectivity index (χ3v) is 2.40. The summed E-state index contributed by atoms with van der Waals surface area (Å²) in [4.78, 5) is 4.31. The molecule has 0 aliphatic heterocycles. The molecule has 0 N–H and O–H groups in total. The van der Waals surface area contributed by atoms with E-state index in [1.165, 1.54) is 18.5 Å². The van der Waals surface area contributed by atoms with Crippen LogP contribution < -0.4 is 0 Å². The molecule has 0 amide bonds. The maximum Gasteiger partial charge on any atom is 0.105 e. The van der Waals surface area contributed by atoms with Crippen LogP contribution >= 0.6 is 0 Å². The lowest BCUT2D eigenvalue weighted by atomic mass is 10.3. The molecule has 0 unspecified atom stereocenters. The Labute approximate surface area is 67.3 Å². The maximum absolute atomic E-state index is 4.31. The van der Waals surface area contributed by atoms with Crippen LogP contribution in [-0.2, 0) is 6.54 Å².